The number of benzene rings is 1. The normalized spacial score (nSPS) is 21.9. The first kappa shape index (κ1) is 25.7. The predicted molar refractivity (Wildman–Crippen MR) is 128 cm³/mol. The van der Waals surface area contributed by atoms with E-state index >= 15 is 0 Å². The highest BCUT2D eigenvalue weighted by molar-refractivity contribution is 7.88. The molecule has 39 heavy (non-hydrogen) atoms. The van der Waals surface area contributed by atoms with E-state index in [0.29, 0.717) is 5.75 Å². The minimum absolute atomic E-state index is 0.124. The number of hydrogen-bond donors (Lipinski definition) is 2. The third-order valence-electron chi connectivity index (χ3n) is 5.94. The number of carbonyl (C=O) groups excluding carboxylic acids is 3. The van der Waals surface area contributed by atoms with Crippen LogP contribution in [-0.4, -0.2) is 93.0 Å². The molecular weight excluding hydrogens is 538 g/mol. The molecule has 4 atom stereocenters. The fourth-order valence-electron chi connectivity index (χ4n) is 4.12. The molecule has 2 N–H and O–H groups in total. The molecule has 2 aliphatic rings. The Morgan fingerprint density at radius 1 is 1.18 bits per heavy atom. The van der Waals surface area contributed by atoms with Gasteiger partial charge >= 0.3 is 17.6 Å². The molecule has 0 saturated carbocycles. The molecule has 0 spiro atoms. The first-order valence-corrected chi connectivity index (χ1v) is 12.5. The lowest BCUT2D eigenvalue weighted by molar-refractivity contribution is -0.160. The fraction of sp³-hybridized carbons (Fsp3) is 0.273. The molecule has 2 unspecified atom stereocenters. The highest BCUT2D eigenvalue weighted by Crippen LogP contribution is 2.34. The van der Waals surface area contributed by atoms with Gasteiger partial charge in [0.15, 0.2) is 24.0 Å². The lowest BCUT2D eigenvalue weighted by Crippen LogP contribution is -2.76. The van der Waals surface area contributed by atoms with Crippen molar-refractivity contribution in [2.75, 3.05) is 13.2 Å². The Labute approximate surface area is 220 Å². The van der Waals surface area contributed by atoms with Crippen LogP contribution in [0.1, 0.15) is 10.5 Å². The van der Waals surface area contributed by atoms with Crippen LogP contribution in [0.4, 0.5) is 0 Å². The Morgan fingerprint density at radius 2 is 1.92 bits per heavy atom. The monoisotopic (exact) mass is 557 g/mol. The molecule has 0 radical (unpaired) electrons. The Kier molecular flexibility index (Phi) is 6.65. The highest BCUT2D eigenvalue weighted by Gasteiger charge is 2.58. The number of imidazole rings is 1. The zero-order valence-corrected chi connectivity index (χ0v) is 20.8. The lowest BCUT2D eigenvalue weighted by Gasteiger charge is -2.50. The van der Waals surface area contributed by atoms with Crippen LogP contribution >= 0.6 is 0 Å². The van der Waals surface area contributed by atoms with Crippen LogP contribution < -0.4 is 15.7 Å². The summed E-state index contributed by atoms with van der Waals surface area (Å²) >= 11 is 0. The molecule has 3 aromatic rings. The van der Waals surface area contributed by atoms with Crippen LogP contribution in [0.15, 0.2) is 52.4 Å². The van der Waals surface area contributed by atoms with Gasteiger partial charge in [-0.15, -0.1) is 5.10 Å². The second-order valence-corrected chi connectivity index (χ2v) is 9.78. The van der Waals surface area contributed by atoms with Crippen molar-refractivity contribution in [3.63, 3.8) is 0 Å². The number of esters is 1. The van der Waals surface area contributed by atoms with Crippen molar-refractivity contribution in [3.05, 3.63) is 63.8 Å². The number of aliphatic carboxylic acids is 1. The van der Waals surface area contributed by atoms with E-state index in [1.807, 2.05) is 0 Å². The maximum atomic E-state index is 12.9. The van der Waals surface area contributed by atoms with Crippen LogP contribution in [0.5, 0.6) is 5.75 Å². The summed E-state index contributed by atoms with van der Waals surface area (Å²) in [5, 5.41) is 19.5. The van der Waals surface area contributed by atoms with E-state index in [4.69, 9.17) is 9.47 Å². The quantitative estimate of drug-likeness (QED) is 0.224. The van der Waals surface area contributed by atoms with Crippen molar-refractivity contribution in [2.24, 2.45) is 7.05 Å². The summed E-state index contributed by atoms with van der Waals surface area (Å²) < 4.78 is 25.3. The molecule has 202 valence electrons. The molecule has 1 aromatic carbocycles. The van der Waals surface area contributed by atoms with Crippen molar-refractivity contribution < 1.29 is 38.0 Å². The number of para-hydroxylation sites is 1. The number of β-lactam (4-membered cyclic amide) rings is 1. The number of aryl methyl sites for hydroxylation is 1. The summed E-state index contributed by atoms with van der Waals surface area (Å²) in [7, 11) is -0.581. The van der Waals surface area contributed by atoms with E-state index in [9.17, 15) is 33.3 Å². The molecule has 2 aromatic heterocycles. The van der Waals surface area contributed by atoms with Crippen LogP contribution in [0.2, 0.25) is 0 Å². The predicted octanol–water partition coefficient (Wildman–Crippen LogP) is -2.19. The molecule has 2 amide bonds. The molecule has 1 saturated heterocycles. The number of carbonyl (C=O) groups is 4. The van der Waals surface area contributed by atoms with E-state index in [1.165, 1.54) is 7.05 Å². The van der Waals surface area contributed by atoms with Gasteiger partial charge in [0.05, 0.1) is 10.8 Å². The molecule has 4 heterocycles. The Bertz CT molecular complexity index is 1620. The Morgan fingerprint density at radius 3 is 2.64 bits per heavy atom. The third-order valence-corrected chi connectivity index (χ3v) is 7.45. The fourth-order valence-corrected chi connectivity index (χ4v) is 5.65. The van der Waals surface area contributed by atoms with Gasteiger partial charge in [0.2, 0.25) is 5.91 Å². The molecule has 5 rings (SSSR count). The standard InChI is InChI=1S/C22H19N7O9S/c1-27-22(35)28-10-23-14(17(28)25-26-27)21(34)38-7-11-9-39(36)19-15(18(31)29(19)16(11)20(32)33)24-13(30)8-37-12-5-3-2-4-6-12/h2-6,9-10,15-16,19H,7-8H2,1H3,(H,24,30)(H,32,33)/t15-,16?,19-,39?/m1/s1. The maximum absolute atomic E-state index is 12.9. The van der Waals surface area contributed by atoms with E-state index in [0.717, 1.165) is 25.7 Å². The number of ether oxygens (including phenoxy) is 2. The van der Waals surface area contributed by atoms with Crippen molar-refractivity contribution in [1.29, 1.82) is 0 Å². The van der Waals surface area contributed by atoms with Gasteiger partial charge in [0.25, 0.3) is 5.91 Å². The van der Waals surface area contributed by atoms with Gasteiger partial charge in [-0.1, -0.05) is 23.4 Å². The van der Waals surface area contributed by atoms with Gasteiger partial charge in [-0.25, -0.2) is 23.8 Å². The maximum Gasteiger partial charge on any atom is 0.361 e. The van der Waals surface area contributed by atoms with Crippen LogP contribution in [-0.2, 0) is 37.0 Å². The summed E-state index contributed by atoms with van der Waals surface area (Å²) in [5.74, 6) is -3.49. The van der Waals surface area contributed by atoms with E-state index in [-0.39, 0.29) is 16.9 Å². The number of aromatic nitrogens is 5. The molecule has 17 heteroatoms. The topological polar surface area (TPSA) is 204 Å². The summed E-state index contributed by atoms with van der Waals surface area (Å²) in [6, 6.07) is 5.66. The first-order valence-electron chi connectivity index (χ1n) is 11.2. The average Bonchev–Trinajstić information content (AvgIpc) is 3.36. The van der Waals surface area contributed by atoms with Crippen LogP contribution in [0.3, 0.4) is 0 Å². The number of rotatable bonds is 8. The summed E-state index contributed by atoms with van der Waals surface area (Å²) in [6.45, 7) is -1.05. The summed E-state index contributed by atoms with van der Waals surface area (Å²) in [5.41, 5.74) is -1.25. The largest absolute Gasteiger partial charge is 0.484 e. The zero-order valence-electron chi connectivity index (χ0n) is 20.0. The molecule has 0 aliphatic carbocycles. The summed E-state index contributed by atoms with van der Waals surface area (Å²) in [6.07, 6.45) is 1.06. The van der Waals surface area contributed by atoms with Crippen molar-refractivity contribution in [3.8, 4) is 5.75 Å². The summed E-state index contributed by atoms with van der Waals surface area (Å²) in [4.78, 5) is 66.6. The van der Waals surface area contributed by atoms with Crippen molar-refractivity contribution >= 4 is 40.2 Å². The number of nitrogens with zero attached hydrogens (tertiary/aromatic N) is 6. The molecule has 2 aliphatic heterocycles. The third kappa shape index (κ3) is 4.63. The molecular formula is C22H19N7O9S. The molecule has 1 fully saturated rings. The SMILES string of the molecule is Cn1nnc2c(C(=O)OCC3=CS(=O)[C@@H]4[C@H](NC(=O)COc5ccccc5)C(=O)N4C3C(=O)O)ncn2c1=O. The average molecular weight is 558 g/mol. The minimum Gasteiger partial charge on any atom is -0.484 e. The zero-order chi connectivity index (χ0) is 27.8. The van der Waals surface area contributed by atoms with E-state index in [1.54, 1.807) is 30.3 Å². The highest BCUT2D eigenvalue weighted by atomic mass is 32.2. The lowest BCUT2D eigenvalue weighted by atomic mass is 9.98. The number of fused-ring (bicyclic) bond motifs is 2. The number of carboxylic acid groups (broad SMARTS) is 1. The van der Waals surface area contributed by atoms with E-state index in [2.05, 4.69) is 20.6 Å². The minimum atomic E-state index is -1.94. The van der Waals surface area contributed by atoms with E-state index < -0.39 is 70.9 Å². The Hall–Kier alpha value is -4.93. The number of hydrogen-bond acceptors (Lipinski definition) is 11. The van der Waals surface area contributed by atoms with Crippen LogP contribution in [0.25, 0.3) is 5.65 Å². The van der Waals surface area contributed by atoms with Gasteiger partial charge in [-0.2, -0.15) is 4.68 Å². The van der Waals surface area contributed by atoms with Gasteiger partial charge in [0, 0.05) is 18.0 Å². The smallest absolute Gasteiger partial charge is 0.361 e. The molecule has 16 nitrogen and oxygen atoms in total. The second-order valence-electron chi connectivity index (χ2n) is 8.40. The second kappa shape index (κ2) is 10.1. The number of amides is 2. The number of nitrogens with one attached hydrogen (secondary N) is 1. The van der Waals surface area contributed by atoms with Crippen LogP contribution in [0, 0.1) is 0 Å². The van der Waals surface area contributed by atoms with Gasteiger partial charge in [-0.05, 0) is 12.1 Å². The Balaban J connectivity index is 1.27. The van der Waals surface area contributed by atoms with Crippen molar-refractivity contribution in [2.45, 2.75) is 17.5 Å². The van der Waals surface area contributed by atoms with Gasteiger partial charge in [0.1, 0.15) is 30.1 Å². The van der Waals surface area contributed by atoms with Crippen molar-refractivity contribution in [1.82, 2.24) is 34.6 Å². The van der Waals surface area contributed by atoms with Gasteiger partial charge in [-0.3, -0.25) is 13.8 Å². The number of carboxylic acids is 1. The van der Waals surface area contributed by atoms with Gasteiger partial charge < -0.3 is 24.8 Å². The molecule has 0 bridgehead atoms. The first-order chi connectivity index (χ1) is 18.7.